The Hall–Kier alpha value is -3.36. The maximum absolute atomic E-state index is 13.3. The summed E-state index contributed by atoms with van der Waals surface area (Å²) in [6, 6.07) is 14.6. The van der Waals surface area contributed by atoms with Crippen LogP contribution in [-0.4, -0.2) is 39.2 Å². The molecule has 1 aliphatic heterocycles. The van der Waals surface area contributed by atoms with Crippen LogP contribution in [0, 0.1) is 0 Å². The first kappa shape index (κ1) is 19.0. The van der Waals surface area contributed by atoms with Crippen LogP contribution in [0.25, 0.3) is 5.69 Å². The van der Waals surface area contributed by atoms with E-state index in [4.69, 9.17) is 0 Å². The average molecular weight is 402 g/mol. The van der Waals surface area contributed by atoms with Crippen molar-refractivity contribution in [3.63, 3.8) is 0 Å². The number of aromatic carboxylic acids is 1. The Labute approximate surface area is 164 Å². The van der Waals surface area contributed by atoms with Gasteiger partial charge in [-0.1, -0.05) is 42.5 Å². The van der Waals surface area contributed by atoms with E-state index in [-0.39, 0.29) is 23.1 Å². The van der Waals surface area contributed by atoms with Crippen LogP contribution in [0.2, 0.25) is 0 Å². The van der Waals surface area contributed by atoms with Crippen molar-refractivity contribution in [3.8, 4) is 5.69 Å². The molecule has 2 heterocycles. The van der Waals surface area contributed by atoms with Crippen molar-refractivity contribution >= 4 is 11.8 Å². The van der Waals surface area contributed by atoms with Gasteiger partial charge in [0.1, 0.15) is 0 Å². The molecule has 6 nitrogen and oxygen atoms in total. The van der Waals surface area contributed by atoms with Gasteiger partial charge in [0.25, 0.3) is 0 Å². The second kappa shape index (κ2) is 7.23. The zero-order valence-corrected chi connectivity index (χ0v) is 15.2. The summed E-state index contributed by atoms with van der Waals surface area (Å²) in [5.41, 5.74) is -0.480. The number of alkyl halides is 3. The van der Waals surface area contributed by atoms with E-state index in [1.165, 1.54) is 18.2 Å². The fourth-order valence-electron chi connectivity index (χ4n) is 3.60. The smallest absolute Gasteiger partial charge is 0.418 e. The number of carbonyl (C=O) groups is 1. The van der Waals surface area contributed by atoms with Crippen LogP contribution in [-0.2, 0) is 6.18 Å². The first-order valence-electron chi connectivity index (χ1n) is 9.01. The summed E-state index contributed by atoms with van der Waals surface area (Å²) in [6.07, 6.45) is -3.82. The molecule has 3 aromatic rings. The van der Waals surface area contributed by atoms with E-state index in [1.54, 1.807) is 4.90 Å². The number of rotatable bonds is 4. The average Bonchev–Trinajstić information content (AvgIpc) is 3.35. The van der Waals surface area contributed by atoms with Gasteiger partial charge in [0.2, 0.25) is 5.69 Å². The van der Waals surface area contributed by atoms with Gasteiger partial charge < -0.3 is 10.0 Å². The summed E-state index contributed by atoms with van der Waals surface area (Å²) in [4.78, 5) is 14.2. The van der Waals surface area contributed by atoms with Crippen molar-refractivity contribution in [1.82, 2.24) is 15.0 Å². The van der Waals surface area contributed by atoms with Crippen molar-refractivity contribution in [2.24, 2.45) is 0 Å². The molecule has 0 unspecified atom stereocenters. The van der Waals surface area contributed by atoms with E-state index in [9.17, 15) is 23.1 Å². The van der Waals surface area contributed by atoms with Gasteiger partial charge >= 0.3 is 12.1 Å². The summed E-state index contributed by atoms with van der Waals surface area (Å²) in [7, 11) is 0. The van der Waals surface area contributed by atoms with Crippen molar-refractivity contribution in [3.05, 3.63) is 71.4 Å². The predicted molar refractivity (Wildman–Crippen MR) is 99.3 cm³/mol. The quantitative estimate of drug-likeness (QED) is 0.715. The number of halogens is 3. The maximum atomic E-state index is 13.3. The highest BCUT2D eigenvalue weighted by atomic mass is 19.4. The molecule has 1 saturated heterocycles. The van der Waals surface area contributed by atoms with E-state index in [1.807, 2.05) is 30.3 Å². The molecule has 1 fully saturated rings. The Morgan fingerprint density at radius 1 is 1.03 bits per heavy atom. The number of nitrogens with zero attached hydrogens (tertiary/aromatic N) is 4. The van der Waals surface area contributed by atoms with Gasteiger partial charge in [-0.15, -0.1) is 15.0 Å². The Balaban J connectivity index is 1.70. The summed E-state index contributed by atoms with van der Waals surface area (Å²) in [5.74, 6) is -1.07. The Kier molecular flexibility index (Phi) is 4.73. The normalized spacial score (nSPS) is 16.9. The topological polar surface area (TPSA) is 71.2 Å². The lowest BCUT2D eigenvalue weighted by atomic mass is 9.99. The molecule has 0 amide bonds. The van der Waals surface area contributed by atoms with Gasteiger partial charge in [-0.3, -0.25) is 0 Å². The maximum Gasteiger partial charge on any atom is 0.418 e. The van der Waals surface area contributed by atoms with Gasteiger partial charge in [0.05, 0.1) is 11.3 Å². The zero-order chi connectivity index (χ0) is 20.6. The number of benzene rings is 2. The lowest BCUT2D eigenvalue weighted by Gasteiger charge is -2.16. The number of anilines is 1. The number of hydrogen-bond donors (Lipinski definition) is 1. The molecule has 150 valence electrons. The highest BCUT2D eigenvalue weighted by Crippen LogP contribution is 2.35. The number of hydrogen-bond acceptors (Lipinski definition) is 4. The van der Waals surface area contributed by atoms with Gasteiger partial charge in [-0.05, 0) is 24.1 Å². The third-order valence-electron chi connectivity index (χ3n) is 4.98. The Bertz CT molecular complexity index is 1030. The van der Waals surface area contributed by atoms with Crippen molar-refractivity contribution < 1.29 is 23.1 Å². The zero-order valence-electron chi connectivity index (χ0n) is 15.2. The van der Waals surface area contributed by atoms with Crippen molar-refractivity contribution in [1.29, 1.82) is 0 Å². The standard InChI is InChI=1S/C20H17F3N4O2/c21-20(22,23)15-8-4-5-9-16(15)27-24-17(19(28)29)18(25-27)26-11-10-14(12-26)13-6-2-1-3-7-13/h1-9,14H,10-12H2,(H,28,29)/t14-/m0/s1. The minimum atomic E-state index is -4.61. The molecule has 1 N–H and O–H groups in total. The summed E-state index contributed by atoms with van der Waals surface area (Å²) < 4.78 is 40.0. The van der Waals surface area contributed by atoms with Crippen LogP contribution in [0.5, 0.6) is 0 Å². The lowest BCUT2D eigenvalue weighted by molar-refractivity contribution is -0.137. The first-order valence-corrected chi connectivity index (χ1v) is 9.01. The minimum absolute atomic E-state index is 0.0768. The number of carboxylic acid groups (broad SMARTS) is 1. The number of para-hydroxylation sites is 1. The second-order valence-corrected chi connectivity index (χ2v) is 6.82. The predicted octanol–water partition coefficient (Wildman–Crippen LogP) is 3.98. The molecule has 1 atom stereocenters. The number of aromatic nitrogens is 3. The van der Waals surface area contributed by atoms with Crippen molar-refractivity contribution in [2.75, 3.05) is 18.0 Å². The molecule has 2 aromatic carbocycles. The van der Waals surface area contributed by atoms with E-state index >= 15 is 0 Å². The van der Waals surface area contributed by atoms with E-state index in [2.05, 4.69) is 10.2 Å². The van der Waals surface area contributed by atoms with E-state index < -0.39 is 17.7 Å². The summed E-state index contributed by atoms with van der Waals surface area (Å²) >= 11 is 0. The monoisotopic (exact) mass is 402 g/mol. The molecule has 0 aliphatic carbocycles. The molecule has 1 aromatic heterocycles. The fraction of sp³-hybridized carbons (Fsp3) is 0.250. The second-order valence-electron chi connectivity index (χ2n) is 6.82. The third kappa shape index (κ3) is 3.67. The molecule has 29 heavy (non-hydrogen) atoms. The Morgan fingerprint density at radius 2 is 1.72 bits per heavy atom. The fourth-order valence-corrected chi connectivity index (χ4v) is 3.60. The molecule has 0 spiro atoms. The molecule has 1 aliphatic rings. The van der Waals surface area contributed by atoms with Gasteiger partial charge in [-0.2, -0.15) is 13.2 Å². The van der Waals surface area contributed by atoms with E-state index in [0.29, 0.717) is 13.1 Å². The molecule has 0 bridgehead atoms. The highest BCUT2D eigenvalue weighted by Gasteiger charge is 2.36. The SMILES string of the molecule is O=C(O)c1nn(-c2ccccc2C(F)(F)F)nc1N1CC[C@H](c2ccccc2)C1. The molecule has 9 heteroatoms. The van der Waals surface area contributed by atoms with Gasteiger partial charge in [0.15, 0.2) is 5.82 Å². The molecular formula is C20H17F3N4O2. The van der Waals surface area contributed by atoms with Crippen molar-refractivity contribution in [2.45, 2.75) is 18.5 Å². The molecular weight excluding hydrogens is 385 g/mol. The largest absolute Gasteiger partial charge is 0.476 e. The molecule has 0 radical (unpaired) electrons. The summed E-state index contributed by atoms with van der Waals surface area (Å²) in [6.45, 7) is 1.06. The van der Waals surface area contributed by atoms with Crippen LogP contribution >= 0.6 is 0 Å². The van der Waals surface area contributed by atoms with E-state index in [0.717, 1.165) is 22.8 Å². The molecule has 4 rings (SSSR count). The van der Waals surface area contributed by atoms with Crippen LogP contribution in [0.15, 0.2) is 54.6 Å². The highest BCUT2D eigenvalue weighted by molar-refractivity contribution is 5.91. The third-order valence-corrected chi connectivity index (χ3v) is 4.98. The number of carboxylic acids is 1. The van der Waals surface area contributed by atoms with Crippen LogP contribution < -0.4 is 4.90 Å². The van der Waals surface area contributed by atoms with Crippen LogP contribution in [0.1, 0.15) is 34.0 Å². The summed E-state index contributed by atoms with van der Waals surface area (Å²) in [5, 5.41) is 17.5. The minimum Gasteiger partial charge on any atom is -0.476 e. The molecule has 0 saturated carbocycles. The van der Waals surface area contributed by atoms with Crippen LogP contribution in [0.3, 0.4) is 0 Å². The lowest BCUT2D eigenvalue weighted by Crippen LogP contribution is -2.22. The van der Waals surface area contributed by atoms with Gasteiger partial charge in [-0.25, -0.2) is 4.79 Å². The van der Waals surface area contributed by atoms with Crippen LogP contribution in [0.4, 0.5) is 19.0 Å². The first-order chi connectivity index (χ1) is 13.8. The Morgan fingerprint density at radius 3 is 2.41 bits per heavy atom. The van der Waals surface area contributed by atoms with Gasteiger partial charge in [0, 0.05) is 19.0 Å².